The molecular weight excluding hydrogens is 633 g/mol. The lowest BCUT2D eigenvalue weighted by Gasteiger charge is -2.15. The van der Waals surface area contributed by atoms with E-state index in [0.29, 0.717) is 17.0 Å². The number of benzene rings is 8. The van der Waals surface area contributed by atoms with Crippen LogP contribution < -0.4 is 0 Å². The molecule has 0 bridgehead atoms. The molecule has 0 aliphatic heterocycles. The fourth-order valence-electron chi connectivity index (χ4n) is 7.89. The van der Waals surface area contributed by atoms with Crippen molar-refractivity contribution >= 4 is 65.4 Å². The Labute approximate surface area is 306 Å². The Morgan fingerprint density at radius 2 is 1.12 bits per heavy atom. The second kappa shape index (κ2) is 11.2. The molecule has 0 radical (unpaired) electrons. The molecule has 11 rings (SSSR count). The Morgan fingerprint density at radius 3 is 1.96 bits per heavy atom. The fourth-order valence-corrected chi connectivity index (χ4v) is 7.89. The van der Waals surface area contributed by atoms with Crippen LogP contribution in [-0.2, 0) is 0 Å². The van der Waals surface area contributed by atoms with Crippen LogP contribution in [0.2, 0.25) is 0 Å². The first kappa shape index (κ1) is 24.2. The van der Waals surface area contributed by atoms with E-state index >= 15 is 0 Å². The first-order valence-electron chi connectivity index (χ1n) is 19.8. The molecule has 242 valence electrons. The Bertz CT molecular complexity index is 3450. The van der Waals surface area contributed by atoms with Crippen molar-refractivity contribution in [2.45, 2.75) is 0 Å². The third kappa shape index (κ3) is 4.28. The molecule has 3 heterocycles. The van der Waals surface area contributed by atoms with Crippen molar-refractivity contribution in [3.63, 3.8) is 0 Å². The Morgan fingerprint density at radius 1 is 0.442 bits per heavy atom. The van der Waals surface area contributed by atoms with Crippen LogP contribution in [0.5, 0.6) is 0 Å². The highest BCUT2D eigenvalue weighted by Crippen LogP contribution is 2.42. The van der Waals surface area contributed by atoms with Crippen molar-refractivity contribution in [1.29, 1.82) is 0 Å². The number of hydrogen-bond acceptors (Lipinski definition) is 2. The van der Waals surface area contributed by atoms with E-state index in [-0.39, 0.29) is 29.9 Å². The Hall–Kier alpha value is -7.04. The summed E-state index contributed by atoms with van der Waals surface area (Å²) in [6, 6.07) is 49.8. The van der Waals surface area contributed by atoms with Gasteiger partial charge < -0.3 is 4.57 Å². The molecule has 8 aromatic carbocycles. The van der Waals surface area contributed by atoms with Gasteiger partial charge in [-0.15, -0.1) is 0 Å². The third-order valence-electron chi connectivity index (χ3n) is 10.2. The smallest absolute Gasteiger partial charge is 0.165 e. The first-order chi connectivity index (χ1) is 27.9. The van der Waals surface area contributed by atoms with E-state index in [1.807, 2.05) is 72.8 Å². The normalized spacial score (nSPS) is 13.2. The molecular formula is C48H30N4. The van der Waals surface area contributed by atoms with Crippen LogP contribution in [0.3, 0.4) is 0 Å². The van der Waals surface area contributed by atoms with Gasteiger partial charge in [0.05, 0.1) is 40.0 Å². The predicted octanol–water partition coefficient (Wildman–Crippen LogP) is 12.3. The van der Waals surface area contributed by atoms with Crippen LogP contribution in [0.15, 0.2) is 182 Å². The molecule has 0 aliphatic rings. The quantitative estimate of drug-likeness (QED) is 0.187. The summed E-state index contributed by atoms with van der Waals surface area (Å²) < 4.78 is 47.3. The summed E-state index contributed by atoms with van der Waals surface area (Å²) in [6.45, 7) is 0. The average Bonchev–Trinajstić information content (AvgIpc) is 3.76. The standard InChI is InChI=1S/C48H30N4/c1-3-14-31(15-4-1)36-21-13-25-43-46(36)39-28-32-16-7-8-17-33(32)29-45(39)52(43)48-47(49-40-22-10-11-23-41(40)50-48)34-26-27-38-37-20-9-12-24-42(37)51(44(38)30-34)35-18-5-2-6-19-35/h1-30H/i2D,5D,6D,18D,19D. The highest BCUT2D eigenvalue weighted by Gasteiger charge is 2.23. The minimum atomic E-state index is -0.430. The maximum Gasteiger partial charge on any atom is 0.165 e. The molecule has 0 aliphatic carbocycles. The van der Waals surface area contributed by atoms with Gasteiger partial charge in [0, 0.05) is 32.8 Å². The monoisotopic (exact) mass is 667 g/mol. The summed E-state index contributed by atoms with van der Waals surface area (Å²) in [4.78, 5) is 10.7. The van der Waals surface area contributed by atoms with Gasteiger partial charge in [0.2, 0.25) is 0 Å². The molecule has 0 unspecified atom stereocenters. The summed E-state index contributed by atoms with van der Waals surface area (Å²) in [5.74, 6) is 0.652. The summed E-state index contributed by atoms with van der Waals surface area (Å²) in [6.07, 6.45) is 0. The molecule has 0 atom stereocenters. The second-order valence-corrected chi connectivity index (χ2v) is 13.1. The average molecular weight is 668 g/mol. The van der Waals surface area contributed by atoms with E-state index in [1.54, 1.807) is 4.57 Å². The van der Waals surface area contributed by atoms with Gasteiger partial charge >= 0.3 is 0 Å². The van der Waals surface area contributed by atoms with Gasteiger partial charge in [0.1, 0.15) is 5.69 Å². The Balaban J connectivity index is 1.27. The first-order valence-corrected chi connectivity index (χ1v) is 17.3. The van der Waals surface area contributed by atoms with Crippen molar-refractivity contribution in [3.8, 4) is 33.9 Å². The van der Waals surface area contributed by atoms with E-state index in [2.05, 4.69) is 83.4 Å². The Kier molecular flexibility index (Phi) is 5.22. The number of nitrogens with zero attached hydrogens (tertiary/aromatic N) is 4. The number of rotatable bonds is 4. The summed E-state index contributed by atoms with van der Waals surface area (Å²) in [5.41, 5.74) is 8.62. The molecule has 52 heavy (non-hydrogen) atoms. The van der Waals surface area contributed by atoms with Gasteiger partial charge in [-0.25, -0.2) is 9.97 Å². The molecule has 0 saturated heterocycles. The van der Waals surface area contributed by atoms with Gasteiger partial charge in [-0.2, -0.15) is 0 Å². The predicted molar refractivity (Wildman–Crippen MR) is 217 cm³/mol. The van der Waals surface area contributed by atoms with Crippen molar-refractivity contribution in [3.05, 3.63) is 182 Å². The summed E-state index contributed by atoms with van der Waals surface area (Å²) >= 11 is 0. The largest absolute Gasteiger partial charge is 0.309 e. The topological polar surface area (TPSA) is 35.6 Å². The minimum Gasteiger partial charge on any atom is -0.309 e. The van der Waals surface area contributed by atoms with E-state index < -0.39 is 6.04 Å². The molecule has 0 spiro atoms. The van der Waals surface area contributed by atoms with Crippen LogP contribution >= 0.6 is 0 Å². The van der Waals surface area contributed by atoms with E-state index in [4.69, 9.17) is 16.8 Å². The molecule has 4 heteroatoms. The zero-order chi connectivity index (χ0) is 38.5. The molecule has 0 N–H and O–H groups in total. The van der Waals surface area contributed by atoms with Crippen molar-refractivity contribution in [1.82, 2.24) is 19.1 Å². The van der Waals surface area contributed by atoms with Gasteiger partial charge in [0.25, 0.3) is 0 Å². The maximum atomic E-state index is 8.97. The van der Waals surface area contributed by atoms with Gasteiger partial charge in [0.15, 0.2) is 5.82 Å². The number of fused-ring (bicyclic) bond motifs is 8. The third-order valence-corrected chi connectivity index (χ3v) is 10.2. The van der Waals surface area contributed by atoms with Crippen molar-refractivity contribution in [2.75, 3.05) is 0 Å². The second-order valence-electron chi connectivity index (χ2n) is 13.1. The molecule has 0 saturated carbocycles. The van der Waals surface area contributed by atoms with Crippen LogP contribution in [-0.4, -0.2) is 19.1 Å². The van der Waals surface area contributed by atoms with Crippen LogP contribution in [0, 0.1) is 0 Å². The lowest BCUT2D eigenvalue weighted by atomic mass is 9.98. The SMILES string of the molecule is [2H]c1c([2H])c([2H])c(-n2c3ccccc3c3ccc(-c4nc5ccccc5nc4-n4c5cc6ccccc6cc5c5c(-c6ccccc6)cccc54)cc32)c([2H])c1[2H]. The maximum absolute atomic E-state index is 8.97. The molecule has 11 aromatic rings. The van der Waals surface area contributed by atoms with Gasteiger partial charge in [-0.1, -0.05) is 127 Å². The minimum absolute atomic E-state index is 0.0943. The van der Waals surface area contributed by atoms with Crippen LogP contribution in [0.25, 0.3) is 99.3 Å². The fraction of sp³-hybridized carbons (Fsp3) is 0. The van der Waals surface area contributed by atoms with E-state index in [9.17, 15) is 0 Å². The zero-order valence-electron chi connectivity index (χ0n) is 32.7. The highest BCUT2D eigenvalue weighted by molar-refractivity contribution is 6.19. The lowest BCUT2D eigenvalue weighted by molar-refractivity contribution is 1.08. The number of para-hydroxylation sites is 4. The van der Waals surface area contributed by atoms with Crippen molar-refractivity contribution < 1.29 is 6.85 Å². The van der Waals surface area contributed by atoms with Crippen LogP contribution in [0.1, 0.15) is 6.85 Å². The molecule has 0 fully saturated rings. The van der Waals surface area contributed by atoms with Gasteiger partial charge in [-0.3, -0.25) is 4.57 Å². The summed E-state index contributed by atoms with van der Waals surface area (Å²) in [5, 5.41) is 6.24. The van der Waals surface area contributed by atoms with Gasteiger partial charge in [-0.05, 0) is 76.4 Å². The van der Waals surface area contributed by atoms with Crippen LogP contribution in [0.4, 0.5) is 0 Å². The van der Waals surface area contributed by atoms with Crippen molar-refractivity contribution in [2.24, 2.45) is 0 Å². The molecule has 0 amide bonds. The molecule has 3 aromatic heterocycles. The lowest BCUT2D eigenvalue weighted by Crippen LogP contribution is -2.04. The molecule has 4 nitrogen and oxygen atoms in total. The number of aromatic nitrogens is 4. The van der Waals surface area contributed by atoms with E-state index in [1.165, 1.54) is 0 Å². The summed E-state index contributed by atoms with van der Waals surface area (Å²) in [7, 11) is 0. The number of hydrogen-bond donors (Lipinski definition) is 0. The van der Waals surface area contributed by atoms with E-state index in [0.717, 1.165) is 76.6 Å². The highest BCUT2D eigenvalue weighted by atomic mass is 15.1. The zero-order valence-corrected chi connectivity index (χ0v) is 27.7.